The molecule has 1 rings (SSSR count). The zero-order valence-corrected chi connectivity index (χ0v) is 12.4. The van der Waals surface area contributed by atoms with E-state index in [2.05, 4.69) is 0 Å². The molecule has 0 saturated heterocycles. The highest BCUT2D eigenvalue weighted by Gasteiger charge is 2.23. The summed E-state index contributed by atoms with van der Waals surface area (Å²) in [4.78, 5) is 25.7. The van der Waals surface area contributed by atoms with Crippen molar-refractivity contribution in [1.82, 2.24) is 0 Å². The Morgan fingerprint density at radius 3 is 2.26 bits per heavy atom. The van der Waals surface area contributed by atoms with Crippen molar-refractivity contribution >= 4 is 22.9 Å². The van der Waals surface area contributed by atoms with Gasteiger partial charge in [0.2, 0.25) is 6.29 Å². The molecule has 0 aromatic carbocycles. The summed E-state index contributed by atoms with van der Waals surface area (Å²) in [6, 6.07) is 3.69. The third-order valence-electron chi connectivity index (χ3n) is 2.52. The SMILES string of the molecule is CCOC(OCC)C(=O)CC(=O)c1ccc(CC)s1. The Kier molecular flexibility index (Phi) is 6.91. The van der Waals surface area contributed by atoms with Gasteiger partial charge in [-0.3, -0.25) is 9.59 Å². The van der Waals surface area contributed by atoms with E-state index in [1.54, 1.807) is 19.9 Å². The van der Waals surface area contributed by atoms with Crippen LogP contribution in [0.25, 0.3) is 0 Å². The molecule has 0 saturated carbocycles. The van der Waals surface area contributed by atoms with Crippen molar-refractivity contribution in [2.24, 2.45) is 0 Å². The monoisotopic (exact) mass is 284 g/mol. The lowest BCUT2D eigenvalue weighted by molar-refractivity contribution is -0.166. The van der Waals surface area contributed by atoms with Crippen molar-refractivity contribution < 1.29 is 19.1 Å². The second kappa shape index (κ2) is 8.19. The van der Waals surface area contributed by atoms with Crippen LogP contribution >= 0.6 is 11.3 Å². The summed E-state index contributed by atoms with van der Waals surface area (Å²) in [6.07, 6.45) is -0.203. The van der Waals surface area contributed by atoms with Crippen LogP contribution in [0.5, 0.6) is 0 Å². The van der Waals surface area contributed by atoms with E-state index < -0.39 is 6.29 Å². The van der Waals surface area contributed by atoms with Gasteiger partial charge in [0.05, 0.1) is 11.3 Å². The molecule has 1 aromatic heterocycles. The molecule has 4 nitrogen and oxygen atoms in total. The first kappa shape index (κ1) is 16.0. The Morgan fingerprint density at radius 2 is 1.79 bits per heavy atom. The number of rotatable bonds is 9. The van der Waals surface area contributed by atoms with Gasteiger partial charge in [0.1, 0.15) is 0 Å². The maximum absolute atomic E-state index is 12.0. The first-order chi connectivity index (χ1) is 9.12. The average Bonchev–Trinajstić information content (AvgIpc) is 2.87. The highest BCUT2D eigenvalue weighted by molar-refractivity contribution is 7.14. The van der Waals surface area contributed by atoms with E-state index in [0.717, 1.165) is 11.3 Å². The molecule has 106 valence electrons. The molecule has 0 amide bonds. The van der Waals surface area contributed by atoms with E-state index in [1.807, 2.05) is 13.0 Å². The van der Waals surface area contributed by atoms with Crippen LogP contribution in [-0.2, 0) is 20.7 Å². The lowest BCUT2D eigenvalue weighted by atomic mass is 10.1. The Morgan fingerprint density at radius 1 is 1.16 bits per heavy atom. The Balaban J connectivity index is 2.61. The molecule has 0 aliphatic rings. The maximum Gasteiger partial charge on any atom is 0.218 e. The molecule has 0 bridgehead atoms. The molecule has 1 aromatic rings. The van der Waals surface area contributed by atoms with Crippen LogP contribution in [-0.4, -0.2) is 31.1 Å². The minimum atomic E-state index is -0.926. The molecule has 0 aliphatic carbocycles. The van der Waals surface area contributed by atoms with Gasteiger partial charge in [-0.2, -0.15) is 0 Å². The van der Waals surface area contributed by atoms with Crippen LogP contribution in [0.2, 0.25) is 0 Å². The summed E-state index contributed by atoms with van der Waals surface area (Å²) < 4.78 is 10.4. The quantitative estimate of drug-likeness (QED) is 0.397. The van der Waals surface area contributed by atoms with Gasteiger partial charge in [-0.1, -0.05) is 6.92 Å². The number of carbonyl (C=O) groups is 2. The number of carbonyl (C=O) groups excluding carboxylic acids is 2. The summed E-state index contributed by atoms with van der Waals surface area (Å²) in [7, 11) is 0. The van der Waals surface area contributed by atoms with Gasteiger partial charge in [-0.15, -0.1) is 11.3 Å². The third kappa shape index (κ3) is 4.86. The van der Waals surface area contributed by atoms with Crippen molar-refractivity contribution in [2.75, 3.05) is 13.2 Å². The standard InChI is InChI=1S/C14H20O4S/c1-4-10-7-8-13(19-10)11(15)9-12(16)14(17-5-2)18-6-3/h7-8,14H,4-6,9H2,1-3H3. The molecule has 0 spiro atoms. The number of thiophene rings is 1. The molecule has 0 radical (unpaired) electrons. The summed E-state index contributed by atoms with van der Waals surface area (Å²) in [6.45, 7) is 6.36. The molecule has 0 aliphatic heterocycles. The topological polar surface area (TPSA) is 52.6 Å². The van der Waals surface area contributed by atoms with Gasteiger partial charge in [0.25, 0.3) is 0 Å². The lowest BCUT2D eigenvalue weighted by Crippen LogP contribution is -2.29. The normalized spacial score (nSPS) is 10.9. The van der Waals surface area contributed by atoms with Crippen LogP contribution < -0.4 is 0 Å². The fourth-order valence-electron chi connectivity index (χ4n) is 1.58. The predicted molar refractivity (Wildman–Crippen MR) is 74.7 cm³/mol. The summed E-state index contributed by atoms with van der Waals surface area (Å²) >= 11 is 1.44. The zero-order valence-electron chi connectivity index (χ0n) is 11.6. The largest absolute Gasteiger partial charge is 0.346 e. The van der Waals surface area contributed by atoms with E-state index in [0.29, 0.717) is 18.1 Å². The van der Waals surface area contributed by atoms with Crippen LogP contribution in [0.3, 0.4) is 0 Å². The van der Waals surface area contributed by atoms with Gasteiger partial charge in [-0.05, 0) is 32.4 Å². The van der Waals surface area contributed by atoms with E-state index in [1.165, 1.54) is 11.3 Å². The Bertz CT molecular complexity index is 419. The second-order valence-corrected chi connectivity index (χ2v) is 5.10. The molecule has 0 fully saturated rings. The first-order valence-corrected chi connectivity index (χ1v) is 7.31. The summed E-state index contributed by atoms with van der Waals surface area (Å²) in [5.74, 6) is -0.487. The number of ketones is 2. The van der Waals surface area contributed by atoms with Crippen molar-refractivity contribution in [3.05, 3.63) is 21.9 Å². The average molecular weight is 284 g/mol. The minimum Gasteiger partial charge on any atom is -0.346 e. The van der Waals surface area contributed by atoms with Gasteiger partial charge >= 0.3 is 0 Å². The van der Waals surface area contributed by atoms with E-state index in [-0.39, 0.29) is 18.0 Å². The molecular weight excluding hydrogens is 264 g/mol. The van der Waals surface area contributed by atoms with Crippen LogP contribution in [0.1, 0.15) is 41.7 Å². The molecular formula is C14H20O4S. The fraction of sp³-hybridized carbons (Fsp3) is 0.571. The number of hydrogen-bond donors (Lipinski definition) is 0. The number of aryl methyl sites for hydroxylation is 1. The van der Waals surface area contributed by atoms with Gasteiger partial charge in [0, 0.05) is 18.1 Å². The zero-order chi connectivity index (χ0) is 14.3. The number of Topliss-reactive ketones (excluding diaryl/α,β-unsaturated/α-hetero) is 2. The Hall–Kier alpha value is -1.04. The van der Waals surface area contributed by atoms with Crippen LogP contribution in [0.15, 0.2) is 12.1 Å². The highest BCUT2D eigenvalue weighted by Crippen LogP contribution is 2.19. The van der Waals surface area contributed by atoms with Gasteiger partial charge < -0.3 is 9.47 Å². The molecule has 1 heterocycles. The predicted octanol–water partition coefficient (Wildman–Crippen LogP) is 2.85. The van der Waals surface area contributed by atoms with E-state index in [4.69, 9.17) is 9.47 Å². The number of hydrogen-bond acceptors (Lipinski definition) is 5. The van der Waals surface area contributed by atoms with Crippen molar-refractivity contribution in [2.45, 2.75) is 39.9 Å². The molecule has 19 heavy (non-hydrogen) atoms. The van der Waals surface area contributed by atoms with Crippen molar-refractivity contribution in [3.63, 3.8) is 0 Å². The molecule has 0 atom stereocenters. The maximum atomic E-state index is 12.0. The van der Waals surface area contributed by atoms with E-state index in [9.17, 15) is 9.59 Å². The highest BCUT2D eigenvalue weighted by atomic mass is 32.1. The molecule has 0 N–H and O–H groups in total. The second-order valence-electron chi connectivity index (χ2n) is 3.93. The summed E-state index contributed by atoms with van der Waals surface area (Å²) in [5, 5.41) is 0. The first-order valence-electron chi connectivity index (χ1n) is 6.50. The fourth-order valence-corrected chi connectivity index (χ4v) is 2.47. The van der Waals surface area contributed by atoms with Crippen LogP contribution in [0, 0.1) is 0 Å². The van der Waals surface area contributed by atoms with Crippen molar-refractivity contribution in [3.8, 4) is 0 Å². The van der Waals surface area contributed by atoms with Gasteiger partial charge in [-0.25, -0.2) is 0 Å². The smallest absolute Gasteiger partial charge is 0.218 e. The van der Waals surface area contributed by atoms with Crippen molar-refractivity contribution in [1.29, 1.82) is 0 Å². The molecule has 5 heteroatoms. The summed E-state index contributed by atoms with van der Waals surface area (Å²) in [5.41, 5.74) is 0. The third-order valence-corrected chi connectivity index (χ3v) is 3.79. The van der Waals surface area contributed by atoms with E-state index >= 15 is 0 Å². The van der Waals surface area contributed by atoms with Gasteiger partial charge in [0.15, 0.2) is 11.6 Å². The van der Waals surface area contributed by atoms with Crippen LogP contribution in [0.4, 0.5) is 0 Å². The minimum absolute atomic E-state index is 0.167. The Labute approximate surface area is 117 Å². The lowest BCUT2D eigenvalue weighted by Gasteiger charge is -2.14. The molecule has 0 unspecified atom stereocenters. The number of ether oxygens (including phenoxy) is 2.